The second-order valence-electron chi connectivity index (χ2n) is 28.9. The topological polar surface area (TPSA) is 462 Å². The summed E-state index contributed by atoms with van der Waals surface area (Å²) in [4.78, 5) is 200. The first-order chi connectivity index (χ1) is 54.9. The summed E-state index contributed by atoms with van der Waals surface area (Å²) in [6.07, 6.45) is 3.70. The van der Waals surface area contributed by atoms with Crippen molar-refractivity contribution in [3.8, 4) is 0 Å². The van der Waals surface area contributed by atoms with Gasteiger partial charge >= 0.3 is 12.1 Å². The number of halogens is 1. The Morgan fingerprint density at radius 3 is 1.50 bits per heavy atom. The Kier molecular flexibility index (Phi) is 35.7. The van der Waals surface area contributed by atoms with Gasteiger partial charge in [0.05, 0.1) is 20.8 Å². The lowest BCUT2D eigenvalue weighted by molar-refractivity contribution is -0.142. The molecule has 0 spiro atoms. The van der Waals surface area contributed by atoms with E-state index in [-0.39, 0.29) is 81.2 Å². The number of fused-ring (bicyclic) bond motifs is 1. The molecule has 0 bridgehead atoms. The molecule has 0 saturated carbocycles. The van der Waals surface area contributed by atoms with Gasteiger partial charge in [0, 0.05) is 87.5 Å². The van der Waals surface area contributed by atoms with E-state index in [0.29, 0.717) is 58.6 Å². The Morgan fingerprint density at radius 2 is 1.02 bits per heavy atom. The number of aliphatic hydroxyl groups excluding tert-OH is 1. The number of amides is 15. The molecule has 1 saturated heterocycles. The first-order valence-electron chi connectivity index (χ1n) is 38.0. The molecule has 16 N–H and O–H groups in total. The van der Waals surface area contributed by atoms with Crippen LogP contribution < -0.4 is 75.2 Å². The highest BCUT2D eigenvalue weighted by molar-refractivity contribution is 6.30. The Labute approximate surface area is 672 Å². The molecule has 1 aliphatic rings. The molecule has 115 heavy (non-hydrogen) atoms. The van der Waals surface area contributed by atoms with Gasteiger partial charge in [-0.15, -0.1) is 0 Å². The molecule has 33 nitrogen and oxygen atoms in total. The number of rotatable bonds is 42. The summed E-state index contributed by atoms with van der Waals surface area (Å²) < 4.78 is 0. The maximum atomic E-state index is 15.4. The number of likely N-dealkylation sites (tertiary alicyclic amines) is 1. The second kappa shape index (κ2) is 45.3. The van der Waals surface area contributed by atoms with Gasteiger partial charge in [-0.2, -0.15) is 0 Å². The molecule has 0 radical (unpaired) electrons. The zero-order valence-corrected chi connectivity index (χ0v) is 66.7. The van der Waals surface area contributed by atoms with E-state index < -0.39 is 144 Å². The van der Waals surface area contributed by atoms with Gasteiger partial charge in [0.15, 0.2) is 0 Å². The number of carbonyl (C=O) groups is 13. The van der Waals surface area contributed by atoms with Crippen LogP contribution in [0.2, 0.25) is 5.02 Å². The molecule has 34 heteroatoms. The largest absolute Gasteiger partial charge is 0.394 e. The van der Waals surface area contributed by atoms with E-state index in [2.05, 4.69) is 74.4 Å². The van der Waals surface area contributed by atoms with Crippen molar-refractivity contribution >= 4 is 111 Å². The Balaban J connectivity index is 1.21. The first kappa shape index (κ1) is 90.5. The molecule has 10 atom stereocenters. The lowest BCUT2D eigenvalue weighted by Gasteiger charge is -2.31. The van der Waals surface area contributed by atoms with Crippen molar-refractivity contribution in [1.29, 1.82) is 0 Å². The van der Waals surface area contributed by atoms with Crippen LogP contribution in [0.4, 0.5) is 21.0 Å². The number of hydrogen-bond donors (Lipinski definition) is 15. The molecule has 5 aromatic carbocycles. The first-order valence-corrected chi connectivity index (χ1v) is 38.4. The van der Waals surface area contributed by atoms with Gasteiger partial charge in [-0.05, 0) is 139 Å². The SMILES string of the molecule is CONC(=O)Nc1ccc(C[C@H](NC(=O)[C@H](CO)NC(=O)[C@@H](Cc2cccnc2)NC(=O)[C@@H](Cc2ccc(Cl)cc2)NC(=O)[C@@H](Cc2ccc3ccccc3c2)N(C)C(C)=O)C(=O)N[C@H](Cc2ccc(NC(=O)NOC)cc2)C(=O)N[C@@H](CC(C)C)C(=O)N[C@@H](CCCCNC(C)C)C(=O)N2CCC[C@H]2C(=O)N[C@H](C)C(N)=O)cc1. The zero-order chi connectivity index (χ0) is 83.8. The van der Waals surface area contributed by atoms with Crippen LogP contribution in [0.5, 0.6) is 0 Å². The molecule has 7 rings (SSSR count). The van der Waals surface area contributed by atoms with E-state index in [1.165, 1.54) is 93.7 Å². The smallest absolute Gasteiger partial charge is 0.343 e. The standard InChI is InChI=1S/C81H106ClN17O16/c1-47(2)38-62(71(103)89-61(19-12-13-36-85-48(3)4)79(111)99-37-15-20-68(99)77(109)86-49(5)70(83)102)90-72(104)63(41-52-24-31-59(32-25-52)87-80(112)96-114-8)91-73(105)64(42-53-26-33-60(34-27-53)88-81(113)97-115-9)93-76(108)67(46-100)95-75(107)66(43-55-16-14-35-84-45-55)92-74(106)65(40-51-22-29-58(82)30-23-51)94-78(110)69(98(7)50(6)101)44-54-21-28-56-17-10-11-18-57(56)39-54/h10-11,14,16-18,21-35,39,45,47-49,61-69,85,100H,12-13,15,19-20,36-38,40-44,46H2,1-9H3,(H2,83,102)(H,86,109)(H,89,103)(H,90,104)(H,91,105)(H,92,106)(H,93,108)(H,94,110)(H,95,107)(H2,87,96,112)(H2,88,97,113)/t49-,61+,62+,63-,64+,65-,66-,67+,68+,69-/m1/s1. The fraction of sp³-hybridized carbons (Fsp3) is 0.432. The van der Waals surface area contributed by atoms with Crippen molar-refractivity contribution < 1.29 is 77.1 Å². The lowest BCUT2D eigenvalue weighted by Crippen LogP contribution is -2.62. The number of carbonyl (C=O) groups excluding carboxylic acids is 13. The van der Waals surface area contributed by atoms with Crippen molar-refractivity contribution in [3.05, 3.63) is 173 Å². The number of hydroxylamine groups is 2. The van der Waals surface area contributed by atoms with Gasteiger partial charge in [-0.3, -0.25) is 67.4 Å². The van der Waals surface area contributed by atoms with Gasteiger partial charge in [0.1, 0.15) is 60.4 Å². The highest BCUT2D eigenvalue weighted by Gasteiger charge is 2.41. The molecule has 0 aliphatic carbocycles. The number of anilines is 2. The van der Waals surface area contributed by atoms with Crippen molar-refractivity contribution in [1.82, 2.24) is 73.6 Å². The average molecular weight is 1610 g/mol. The van der Waals surface area contributed by atoms with Gasteiger partial charge in [-0.25, -0.2) is 20.5 Å². The fourth-order valence-electron chi connectivity index (χ4n) is 12.9. The van der Waals surface area contributed by atoms with Gasteiger partial charge in [-0.1, -0.05) is 124 Å². The van der Waals surface area contributed by atoms with Crippen molar-refractivity contribution in [2.45, 2.75) is 179 Å². The molecule has 0 unspecified atom stereocenters. The third-order valence-electron chi connectivity index (χ3n) is 19.1. The number of urea groups is 2. The number of benzene rings is 5. The molecule has 1 aromatic heterocycles. The number of unbranched alkanes of at least 4 members (excludes halogenated alkanes) is 1. The van der Waals surface area contributed by atoms with Crippen LogP contribution in [0.1, 0.15) is 108 Å². The maximum absolute atomic E-state index is 15.4. The predicted molar refractivity (Wildman–Crippen MR) is 430 cm³/mol. The summed E-state index contributed by atoms with van der Waals surface area (Å²) in [6.45, 7) is 9.93. The number of nitrogens with one attached hydrogen (secondary N) is 13. The van der Waals surface area contributed by atoms with Crippen molar-refractivity contribution in [2.24, 2.45) is 11.7 Å². The van der Waals surface area contributed by atoms with Crippen molar-refractivity contribution in [2.75, 3.05) is 51.6 Å². The van der Waals surface area contributed by atoms with Crippen LogP contribution in [-0.2, 0) is 94.5 Å². The molecule has 1 aliphatic heterocycles. The maximum Gasteiger partial charge on any atom is 0.343 e. The lowest BCUT2D eigenvalue weighted by atomic mass is 9.99. The molecule has 618 valence electrons. The van der Waals surface area contributed by atoms with Gasteiger partial charge < -0.3 is 79.1 Å². The highest BCUT2D eigenvalue weighted by Crippen LogP contribution is 2.24. The highest BCUT2D eigenvalue weighted by atomic mass is 35.5. The summed E-state index contributed by atoms with van der Waals surface area (Å²) in [7, 11) is 3.94. The second-order valence-corrected chi connectivity index (χ2v) is 29.4. The average Bonchev–Trinajstić information content (AvgIpc) is 1.71. The molecular formula is C81H106ClN17O16. The van der Waals surface area contributed by atoms with E-state index in [1.807, 2.05) is 56.3 Å². The zero-order valence-electron chi connectivity index (χ0n) is 66.0. The normalized spacial score (nSPS) is 14.8. The number of nitrogens with two attached hydrogens (primary N) is 1. The Morgan fingerprint density at radius 1 is 0.548 bits per heavy atom. The van der Waals surface area contributed by atoms with Gasteiger partial charge in [0.25, 0.3) is 0 Å². The van der Waals surface area contributed by atoms with Crippen LogP contribution in [0, 0.1) is 5.92 Å². The molecule has 1 fully saturated rings. The van der Waals surface area contributed by atoms with E-state index in [4.69, 9.17) is 27.0 Å². The Bertz CT molecular complexity index is 4320. The monoisotopic (exact) mass is 1610 g/mol. The van der Waals surface area contributed by atoms with Crippen LogP contribution in [-0.4, -0.2) is 204 Å². The summed E-state index contributed by atoms with van der Waals surface area (Å²) in [5.41, 5.74) is 12.7. The number of aliphatic hydroxyl groups is 1. The minimum Gasteiger partial charge on any atom is -0.394 e. The summed E-state index contributed by atoms with van der Waals surface area (Å²) in [6, 6.07) is 19.8. The van der Waals surface area contributed by atoms with Crippen molar-refractivity contribution in [3.63, 3.8) is 0 Å². The number of likely N-dealkylation sites (N-methyl/N-ethyl adjacent to an activating group) is 1. The summed E-state index contributed by atoms with van der Waals surface area (Å²) in [5.74, 6) is -9.16. The minimum atomic E-state index is -1.89. The molecule has 6 aromatic rings. The molecule has 15 amide bonds. The summed E-state index contributed by atoms with van der Waals surface area (Å²) in [5, 5.41) is 43.6. The summed E-state index contributed by atoms with van der Waals surface area (Å²) >= 11 is 6.29. The third kappa shape index (κ3) is 29.1. The van der Waals surface area contributed by atoms with Crippen LogP contribution >= 0.6 is 11.6 Å². The van der Waals surface area contributed by atoms with E-state index >= 15 is 19.2 Å². The van der Waals surface area contributed by atoms with E-state index in [0.717, 1.165) is 10.8 Å². The number of aromatic nitrogens is 1. The van der Waals surface area contributed by atoms with Crippen LogP contribution in [0.25, 0.3) is 10.8 Å². The molecular weight excluding hydrogens is 1500 g/mol. The fourth-order valence-corrected chi connectivity index (χ4v) is 13.0. The third-order valence-corrected chi connectivity index (χ3v) is 19.4. The van der Waals surface area contributed by atoms with Crippen LogP contribution in [0.15, 0.2) is 140 Å². The number of pyridine rings is 1. The predicted octanol–water partition coefficient (Wildman–Crippen LogP) is 3.20. The number of hydrogen-bond acceptors (Lipinski definition) is 18. The van der Waals surface area contributed by atoms with Crippen LogP contribution in [0.3, 0.4) is 0 Å². The Hall–Kier alpha value is -11.6. The number of nitrogens with zero attached hydrogens (tertiary/aromatic N) is 3. The van der Waals surface area contributed by atoms with E-state index in [1.54, 1.807) is 62.4 Å². The quantitative estimate of drug-likeness (QED) is 0.0193. The minimum absolute atomic E-state index is 0.00679. The van der Waals surface area contributed by atoms with Gasteiger partial charge in [0.2, 0.25) is 65.0 Å². The molecule has 2 heterocycles. The number of primary amides is 1. The van der Waals surface area contributed by atoms with E-state index in [9.17, 15) is 48.3 Å².